The molecular formula is C43H31N. The van der Waals surface area contributed by atoms with Crippen LogP contribution >= 0.6 is 0 Å². The molecule has 0 bridgehead atoms. The third kappa shape index (κ3) is 3.16. The molecule has 0 spiro atoms. The molecule has 0 unspecified atom stereocenters. The van der Waals surface area contributed by atoms with Crippen LogP contribution in [-0.4, -0.2) is 4.98 Å². The largest absolute Gasteiger partial charge is 0.256 e. The van der Waals surface area contributed by atoms with Gasteiger partial charge in [0, 0.05) is 17.1 Å². The predicted molar refractivity (Wildman–Crippen MR) is 189 cm³/mol. The molecule has 1 nitrogen and oxygen atoms in total. The Morgan fingerprint density at radius 3 is 1.80 bits per heavy atom. The average Bonchev–Trinajstić information content (AvgIpc) is 3.58. The van der Waals surface area contributed by atoms with Crippen LogP contribution in [0.3, 0.4) is 0 Å². The van der Waals surface area contributed by atoms with Gasteiger partial charge in [-0.3, -0.25) is 4.98 Å². The number of aromatic nitrogens is 1. The van der Waals surface area contributed by atoms with Crippen molar-refractivity contribution in [3.05, 3.63) is 127 Å². The van der Waals surface area contributed by atoms with Crippen molar-refractivity contribution in [1.29, 1.82) is 0 Å². The lowest BCUT2D eigenvalue weighted by Crippen LogP contribution is -1.91. The highest BCUT2D eigenvalue weighted by Crippen LogP contribution is 2.53. The molecule has 0 atom stereocenters. The van der Waals surface area contributed by atoms with E-state index in [4.69, 9.17) is 4.98 Å². The second kappa shape index (κ2) is 9.11. The Morgan fingerprint density at radius 2 is 1.02 bits per heavy atom. The van der Waals surface area contributed by atoms with Gasteiger partial charge in [0.25, 0.3) is 0 Å². The maximum Gasteiger partial charge on any atom is 0.0793 e. The van der Waals surface area contributed by atoms with Crippen molar-refractivity contribution in [3.8, 4) is 55.6 Å². The van der Waals surface area contributed by atoms with Crippen molar-refractivity contribution >= 4 is 43.2 Å². The van der Waals surface area contributed by atoms with Crippen LogP contribution in [0.2, 0.25) is 0 Å². The Morgan fingerprint density at radius 1 is 0.409 bits per heavy atom. The van der Waals surface area contributed by atoms with Gasteiger partial charge in [-0.15, -0.1) is 0 Å². The van der Waals surface area contributed by atoms with E-state index in [1.54, 1.807) is 0 Å². The summed E-state index contributed by atoms with van der Waals surface area (Å²) in [6.07, 6.45) is 1.98. The maximum absolute atomic E-state index is 5.05. The van der Waals surface area contributed by atoms with Crippen LogP contribution in [0.15, 0.2) is 115 Å². The van der Waals surface area contributed by atoms with Crippen LogP contribution in [0.5, 0.6) is 0 Å². The van der Waals surface area contributed by atoms with Gasteiger partial charge in [-0.1, -0.05) is 110 Å². The molecule has 2 aliphatic carbocycles. The number of aryl methyl sites for hydroxylation is 2. The van der Waals surface area contributed by atoms with Gasteiger partial charge < -0.3 is 0 Å². The van der Waals surface area contributed by atoms with Gasteiger partial charge in [0.1, 0.15) is 0 Å². The Balaban J connectivity index is 0.00000133. The lowest BCUT2D eigenvalue weighted by atomic mass is 9.87. The average molecular weight is 562 g/mol. The molecule has 0 radical (unpaired) electrons. The minimum absolute atomic E-state index is 1.08. The lowest BCUT2D eigenvalue weighted by Gasteiger charge is -2.17. The van der Waals surface area contributed by atoms with Crippen molar-refractivity contribution in [2.75, 3.05) is 0 Å². The molecule has 0 amide bonds. The molecule has 8 aromatic rings. The van der Waals surface area contributed by atoms with Crippen LogP contribution in [0.1, 0.15) is 25.0 Å². The van der Waals surface area contributed by atoms with Crippen LogP contribution in [0.4, 0.5) is 0 Å². The van der Waals surface area contributed by atoms with Crippen molar-refractivity contribution in [2.45, 2.75) is 27.7 Å². The summed E-state index contributed by atoms with van der Waals surface area (Å²) in [6.45, 7) is 8.44. The van der Waals surface area contributed by atoms with Gasteiger partial charge in [0.05, 0.1) is 5.52 Å². The molecule has 7 aromatic carbocycles. The standard InChI is InChI=1S/C41H25N.C2H6/c1-22-11-13-27-33(19-22)36(32-16-15-29-24-7-3-4-8-25(24)31-17-18-42-41(32)40(29)31)20-35-30-14-12-23(2)38-28-10-6-5-9-26(28)37(39(30)38)21-34(27)35;1-2/h3-21H,1-2H3;1-2H3. The molecule has 1 heteroatoms. The summed E-state index contributed by atoms with van der Waals surface area (Å²) in [7, 11) is 0. The molecule has 208 valence electrons. The summed E-state index contributed by atoms with van der Waals surface area (Å²) in [5.74, 6) is 0. The first-order valence-corrected chi connectivity index (χ1v) is 15.7. The second-order valence-corrected chi connectivity index (χ2v) is 12.0. The van der Waals surface area contributed by atoms with Gasteiger partial charge in [0.15, 0.2) is 0 Å². The fourth-order valence-electron chi connectivity index (χ4n) is 7.97. The fourth-order valence-corrected chi connectivity index (χ4v) is 7.97. The Kier molecular flexibility index (Phi) is 5.23. The monoisotopic (exact) mass is 561 g/mol. The molecular weight excluding hydrogens is 530 g/mol. The molecule has 44 heavy (non-hydrogen) atoms. The highest BCUT2D eigenvalue weighted by molar-refractivity contribution is 6.30. The van der Waals surface area contributed by atoms with Gasteiger partial charge in [-0.2, -0.15) is 0 Å². The summed E-state index contributed by atoms with van der Waals surface area (Å²) >= 11 is 0. The summed E-state index contributed by atoms with van der Waals surface area (Å²) < 4.78 is 0. The van der Waals surface area contributed by atoms with Crippen molar-refractivity contribution in [2.24, 2.45) is 0 Å². The number of pyridine rings is 1. The van der Waals surface area contributed by atoms with Crippen LogP contribution in [-0.2, 0) is 0 Å². The first-order chi connectivity index (χ1) is 21.7. The van der Waals surface area contributed by atoms with Gasteiger partial charge in [-0.05, 0) is 120 Å². The van der Waals surface area contributed by atoms with E-state index < -0.39 is 0 Å². The SMILES string of the molecule is CC.Cc1ccc2c(c1)c(-c1ccc3c4c(ccnc14)-c1ccccc1-3)cc1c3ccc(C)c4c3c(cc21)-c1ccccc1-4. The first kappa shape index (κ1) is 25.2. The molecule has 0 aliphatic heterocycles. The molecule has 1 heterocycles. The van der Waals surface area contributed by atoms with E-state index >= 15 is 0 Å². The Labute approximate surface area is 257 Å². The molecule has 10 rings (SSSR count). The quantitative estimate of drug-likeness (QED) is 0.182. The molecule has 0 saturated carbocycles. The van der Waals surface area contributed by atoms with Crippen molar-refractivity contribution in [3.63, 3.8) is 0 Å². The summed E-state index contributed by atoms with van der Waals surface area (Å²) in [4.78, 5) is 5.05. The third-order valence-electron chi connectivity index (χ3n) is 9.77. The molecule has 2 aliphatic rings. The smallest absolute Gasteiger partial charge is 0.0793 e. The van der Waals surface area contributed by atoms with E-state index in [0.29, 0.717) is 0 Å². The highest BCUT2D eigenvalue weighted by atomic mass is 14.7. The number of hydrogen-bond acceptors (Lipinski definition) is 1. The zero-order chi connectivity index (χ0) is 29.7. The zero-order valence-electron chi connectivity index (χ0n) is 25.4. The summed E-state index contributed by atoms with van der Waals surface area (Å²) in [5, 5.41) is 9.18. The van der Waals surface area contributed by atoms with Gasteiger partial charge in [-0.25, -0.2) is 0 Å². The number of benzene rings is 7. The molecule has 1 aromatic heterocycles. The molecule has 0 N–H and O–H groups in total. The number of fused-ring (bicyclic) bond motifs is 10. The van der Waals surface area contributed by atoms with E-state index in [2.05, 4.69) is 123 Å². The minimum Gasteiger partial charge on any atom is -0.256 e. The predicted octanol–water partition coefficient (Wildman–Crippen LogP) is 12.3. The van der Waals surface area contributed by atoms with Crippen LogP contribution in [0, 0.1) is 13.8 Å². The van der Waals surface area contributed by atoms with E-state index in [0.717, 1.165) is 5.52 Å². The van der Waals surface area contributed by atoms with E-state index in [1.807, 2.05) is 20.0 Å². The van der Waals surface area contributed by atoms with Gasteiger partial charge in [0.2, 0.25) is 0 Å². The highest BCUT2D eigenvalue weighted by Gasteiger charge is 2.27. The number of rotatable bonds is 1. The van der Waals surface area contributed by atoms with E-state index in [1.165, 1.54) is 104 Å². The Bertz CT molecular complexity index is 2500. The second-order valence-electron chi connectivity index (χ2n) is 12.0. The number of hydrogen-bond donors (Lipinski definition) is 0. The molecule has 0 saturated heterocycles. The van der Waals surface area contributed by atoms with Crippen molar-refractivity contribution in [1.82, 2.24) is 4.98 Å². The Hall–Kier alpha value is -5.27. The van der Waals surface area contributed by atoms with Crippen LogP contribution in [0.25, 0.3) is 98.9 Å². The van der Waals surface area contributed by atoms with E-state index in [9.17, 15) is 0 Å². The van der Waals surface area contributed by atoms with Crippen LogP contribution < -0.4 is 0 Å². The van der Waals surface area contributed by atoms with Crippen molar-refractivity contribution < 1.29 is 0 Å². The third-order valence-corrected chi connectivity index (χ3v) is 9.77. The molecule has 0 fully saturated rings. The maximum atomic E-state index is 5.05. The zero-order valence-corrected chi connectivity index (χ0v) is 25.4. The normalized spacial score (nSPS) is 12.1. The first-order valence-electron chi connectivity index (χ1n) is 15.7. The van der Waals surface area contributed by atoms with E-state index in [-0.39, 0.29) is 0 Å². The topological polar surface area (TPSA) is 12.9 Å². The van der Waals surface area contributed by atoms with Gasteiger partial charge >= 0.3 is 0 Å². The fraction of sp³-hybridized carbons (Fsp3) is 0.0930. The minimum atomic E-state index is 1.08. The lowest BCUT2D eigenvalue weighted by molar-refractivity contribution is 1.42. The summed E-state index contributed by atoms with van der Waals surface area (Å²) in [5.41, 5.74) is 16.7. The summed E-state index contributed by atoms with van der Waals surface area (Å²) in [6, 6.07) is 40.9. The number of nitrogens with zero attached hydrogens (tertiary/aromatic N) is 1.